The quantitative estimate of drug-likeness (QED) is 0.206. The number of rotatable bonds is 7. The zero-order valence-electron chi connectivity index (χ0n) is 48.8. The van der Waals surface area contributed by atoms with Crippen molar-refractivity contribution in [3.8, 4) is 0 Å². The van der Waals surface area contributed by atoms with Crippen molar-refractivity contribution < 1.29 is 19.2 Å². The summed E-state index contributed by atoms with van der Waals surface area (Å²) in [6.45, 7) is 6.63. The van der Waals surface area contributed by atoms with Crippen molar-refractivity contribution in [1.82, 2.24) is 16.0 Å². The number of nitrogens with two attached hydrogens (primary N) is 1. The third-order valence-electron chi connectivity index (χ3n) is 7.86. The molecule has 0 atom stereocenters. The summed E-state index contributed by atoms with van der Waals surface area (Å²) < 4.78 is 0. The maximum Gasteiger partial charge on any atom is 0.257 e. The lowest BCUT2D eigenvalue weighted by Gasteiger charge is -2.10. The molecule has 2 rings (SSSR count). The van der Waals surface area contributed by atoms with Crippen molar-refractivity contribution >= 4 is 23.6 Å². The van der Waals surface area contributed by atoms with Crippen LogP contribution < -0.4 is 21.7 Å². The van der Waals surface area contributed by atoms with Crippen LogP contribution in [0, 0.1) is 0 Å². The van der Waals surface area contributed by atoms with E-state index in [9.17, 15) is 19.2 Å². The second-order valence-electron chi connectivity index (χ2n) is 14.0. The fourth-order valence-electron chi connectivity index (χ4n) is 4.39. The summed E-state index contributed by atoms with van der Waals surface area (Å²) in [7, 11) is 0. The molecule has 2 aromatic carbocycles. The molecule has 96 heavy (non-hydrogen) atoms. The molecule has 2 aromatic rings. The van der Waals surface area contributed by atoms with Gasteiger partial charge in [0.05, 0.1) is 6.20 Å². The van der Waals surface area contributed by atoms with E-state index in [4.69, 9.17) is 5.73 Å². The van der Waals surface area contributed by atoms with Gasteiger partial charge in [0.2, 0.25) is 5.91 Å². The van der Waals surface area contributed by atoms with Crippen LogP contribution in [0.4, 0.5) is 0 Å². The SMILES string of the molecule is C=C=C=C=C=C=C=C=C=C=C=C=C=C=C=C=C=C=C=C=C=C=C=C=C=C=C=C=C=C=C=C=C=C=C=CNC(=O)c1cccc(C(=O)NC(=C=C=C=C=C=C=C=C=C=C=C=C=C=C=C=C=C=C=C=C=C=C=C=C=C=C=C=C=C=C=C=C=C=C=C)NC(=O)c2cccc(C(N)=O)c2)c1. The fourth-order valence-corrected chi connectivity index (χ4v) is 4.39. The number of amides is 4. The Balaban J connectivity index is 2.40. The average molecular weight is 1200 g/mol. The smallest absolute Gasteiger partial charge is 0.257 e. The summed E-state index contributed by atoms with van der Waals surface area (Å²) in [6, 6.07) is 11.1. The molecular formula is C88H18N4O4. The summed E-state index contributed by atoms with van der Waals surface area (Å²) in [6.07, 6.45) is 1.15. The van der Waals surface area contributed by atoms with Gasteiger partial charge in [-0.05, 0) is 244 Å². The highest BCUT2D eigenvalue weighted by Gasteiger charge is 2.15. The van der Waals surface area contributed by atoms with Crippen LogP contribution in [0.2, 0.25) is 0 Å². The third-order valence-corrected chi connectivity index (χ3v) is 7.86. The first-order valence-electron chi connectivity index (χ1n) is 25.0. The van der Waals surface area contributed by atoms with E-state index < -0.39 is 23.6 Å². The molecular weight excluding hydrogens is 1180 g/mol. The minimum Gasteiger partial charge on any atom is -0.366 e. The molecule has 0 saturated heterocycles. The van der Waals surface area contributed by atoms with Crippen LogP contribution in [0.15, 0.2) is 463 Å². The first-order valence-corrected chi connectivity index (χ1v) is 25.0. The van der Waals surface area contributed by atoms with Gasteiger partial charge in [-0.1, -0.05) is 23.6 Å². The summed E-state index contributed by atoms with van der Waals surface area (Å²) in [5, 5.41) is 7.43. The van der Waals surface area contributed by atoms with Crippen LogP contribution in [-0.4, -0.2) is 23.6 Å². The lowest BCUT2D eigenvalue weighted by Crippen LogP contribution is -2.35. The Bertz CT molecular complexity index is 6760. The van der Waals surface area contributed by atoms with E-state index in [0.29, 0.717) is 0 Å². The van der Waals surface area contributed by atoms with Gasteiger partial charge in [-0.15, -0.1) is 0 Å². The molecule has 0 heterocycles. The van der Waals surface area contributed by atoms with Crippen molar-refractivity contribution in [2.45, 2.75) is 0 Å². The zero-order valence-corrected chi connectivity index (χ0v) is 48.8. The number of hydrogen-bond donors (Lipinski definition) is 4. The second-order valence-corrected chi connectivity index (χ2v) is 14.0. The standard InChI is InChI=1S/C88H18N4O4/c1-3-5-7-9-11-13-15-17-19-21-23-25-27-29-31-33-35-37-39-41-43-45-47-49-51-53-55-57-59-61-63-65-67-69-77-90-86(94)81-73-71-75-83(79-81)88(96)92-84(91-87(95)82-74-70-72-80(78-82)85(89)93)76-68-66-64-62-60-58-56-54-52-50-48-46-44-42-40-38-36-34-32-30-28-26-24-22-20-18-16-14-12-10-8-6-4-2/h70-75,77-79H,1-2H2,(H2,89,93)(H,90,94)(H,91,95)(H,92,96). The summed E-state index contributed by atoms with van der Waals surface area (Å²) in [5.41, 5.74) is 174. The number of benzene rings is 2. The highest BCUT2D eigenvalue weighted by Crippen LogP contribution is 2.08. The van der Waals surface area contributed by atoms with Crippen molar-refractivity contribution in [3.63, 3.8) is 0 Å². The maximum absolute atomic E-state index is 13.4. The topological polar surface area (TPSA) is 130 Å². The highest BCUT2D eigenvalue weighted by atomic mass is 16.2. The molecule has 0 spiro atoms. The van der Waals surface area contributed by atoms with E-state index >= 15 is 0 Å². The minimum atomic E-state index is -0.768. The largest absolute Gasteiger partial charge is 0.366 e. The van der Waals surface area contributed by atoms with E-state index in [1.54, 1.807) is 0 Å². The van der Waals surface area contributed by atoms with Crippen molar-refractivity contribution in [2.24, 2.45) is 5.73 Å². The van der Waals surface area contributed by atoms with Gasteiger partial charge in [-0.25, -0.2) is 0 Å². The Labute approximate surface area is 547 Å². The van der Waals surface area contributed by atoms with Gasteiger partial charge in [0.25, 0.3) is 17.7 Å². The minimum absolute atomic E-state index is 0.00577. The van der Waals surface area contributed by atoms with Gasteiger partial charge in [0.1, 0.15) is 0 Å². The van der Waals surface area contributed by atoms with E-state index in [1.165, 1.54) is 48.5 Å². The van der Waals surface area contributed by atoms with Crippen LogP contribution in [0.25, 0.3) is 0 Å². The van der Waals surface area contributed by atoms with Crippen molar-refractivity contribution in [2.75, 3.05) is 0 Å². The molecule has 8 heteroatoms. The first-order chi connectivity index (χ1) is 47.3. The molecule has 0 aliphatic heterocycles. The van der Waals surface area contributed by atoms with Crippen molar-refractivity contribution in [3.05, 3.63) is 486 Å². The van der Waals surface area contributed by atoms with Crippen LogP contribution >= 0.6 is 0 Å². The summed E-state index contributed by atoms with van der Waals surface area (Å²) >= 11 is 0. The lowest BCUT2D eigenvalue weighted by atomic mass is 10.1. The van der Waals surface area contributed by atoms with E-state index in [1.807, 2.05) is 0 Å². The molecule has 414 valence electrons. The molecule has 5 N–H and O–H groups in total. The van der Waals surface area contributed by atoms with E-state index in [-0.39, 0.29) is 28.1 Å². The third kappa shape index (κ3) is 43.5. The molecule has 0 aliphatic carbocycles. The Morgan fingerprint density at radius 2 is 0.469 bits per heavy atom. The molecule has 0 aromatic heterocycles. The number of carbonyl (C=O) groups excluding carboxylic acids is 4. The van der Waals surface area contributed by atoms with Crippen LogP contribution in [-0.2, 0) is 0 Å². The van der Waals surface area contributed by atoms with E-state index in [2.05, 4.69) is 419 Å². The van der Waals surface area contributed by atoms with Gasteiger partial charge < -0.3 is 21.7 Å². The van der Waals surface area contributed by atoms with Crippen LogP contribution in [0.3, 0.4) is 0 Å². The Morgan fingerprint density at radius 3 is 0.708 bits per heavy atom. The number of hydrogen-bond acceptors (Lipinski definition) is 4. The Morgan fingerprint density at radius 1 is 0.271 bits per heavy atom. The van der Waals surface area contributed by atoms with Gasteiger partial charge in [-0.2, -0.15) is 0 Å². The lowest BCUT2D eigenvalue weighted by molar-refractivity contribution is 0.0941. The monoisotopic (exact) mass is 1190 g/mol. The van der Waals surface area contributed by atoms with Gasteiger partial charge in [0, 0.05) is 206 Å². The molecule has 0 saturated carbocycles. The molecule has 0 fully saturated rings. The Hall–Kier alpha value is -19.2. The molecule has 0 aliphatic rings. The molecule has 0 bridgehead atoms. The predicted octanol–water partition coefficient (Wildman–Crippen LogP) is 11.8. The van der Waals surface area contributed by atoms with Gasteiger partial charge >= 0.3 is 0 Å². The summed E-state index contributed by atoms with van der Waals surface area (Å²) in [4.78, 5) is 51.2. The summed E-state index contributed by atoms with van der Waals surface area (Å²) in [5.74, 6) is -3.21. The maximum atomic E-state index is 13.4. The van der Waals surface area contributed by atoms with Crippen molar-refractivity contribution in [1.29, 1.82) is 0 Å². The number of nitrogens with one attached hydrogen (secondary N) is 3. The fraction of sp³-hybridized carbons (Fsp3) is 0. The first kappa shape index (κ1) is 72.9. The average Bonchev–Trinajstić information content (AvgIpc) is 0.987. The van der Waals surface area contributed by atoms with Gasteiger partial charge in [0.15, 0.2) is 5.82 Å². The highest BCUT2D eigenvalue weighted by molar-refractivity contribution is 6.02. The molecule has 4 amide bonds. The normalized spacial score (nSPS) is 5.67. The number of carbonyl (C=O) groups is 4. The molecule has 0 unspecified atom stereocenters. The second kappa shape index (κ2) is 55.1. The molecule has 0 radical (unpaired) electrons. The van der Waals surface area contributed by atoms with E-state index in [0.717, 1.165) is 6.20 Å². The predicted molar refractivity (Wildman–Crippen MR) is 342 cm³/mol. The zero-order chi connectivity index (χ0) is 68.8. The van der Waals surface area contributed by atoms with Crippen LogP contribution in [0.5, 0.6) is 0 Å². The number of primary amides is 1. The Kier molecular flexibility index (Phi) is 41.8. The van der Waals surface area contributed by atoms with Crippen LogP contribution in [0.1, 0.15) is 41.4 Å². The molecule has 8 nitrogen and oxygen atoms in total. The van der Waals surface area contributed by atoms with Gasteiger partial charge in [-0.3, -0.25) is 19.2 Å².